The molecule has 2 aromatic heterocycles. The van der Waals surface area contributed by atoms with Gasteiger partial charge >= 0.3 is 0 Å². The molecule has 24 heteroatoms. The van der Waals surface area contributed by atoms with E-state index in [-0.39, 0.29) is 0 Å². The largest absolute Gasteiger partial charge is 0.329 e. The summed E-state index contributed by atoms with van der Waals surface area (Å²) in [5.74, 6) is -31.4. The number of nitrogens with zero attached hydrogens (tertiary/aromatic N) is 4. The lowest BCUT2D eigenvalue weighted by Crippen LogP contribution is -2.55. The van der Waals surface area contributed by atoms with E-state index in [1.807, 2.05) is 0 Å². The fourth-order valence-corrected chi connectivity index (χ4v) is 8.37. The van der Waals surface area contributed by atoms with Gasteiger partial charge in [0.25, 0.3) is 0 Å². The summed E-state index contributed by atoms with van der Waals surface area (Å²) in [4.78, 5) is 19.8. The van der Waals surface area contributed by atoms with E-state index >= 15 is 35.1 Å². The third kappa shape index (κ3) is 4.69. The molecule has 2 aromatic carbocycles. The van der Waals surface area contributed by atoms with Crippen molar-refractivity contribution in [1.29, 1.82) is 0 Å². The van der Waals surface area contributed by atoms with Gasteiger partial charge < -0.3 is 20.6 Å². The summed E-state index contributed by atoms with van der Waals surface area (Å²) < 4.78 is 243. The number of aromatic nitrogens is 2. The van der Waals surface area contributed by atoms with Gasteiger partial charge in [-0.15, -0.1) is 0 Å². The van der Waals surface area contributed by atoms with Crippen LogP contribution in [0.1, 0.15) is 0 Å². The first kappa shape index (κ1) is 36.6. The lowest BCUT2D eigenvalue weighted by molar-refractivity contribution is -0.0604. The maximum Gasteiger partial charge on any atom is 0.198 e. The number of aliphatic imine (C=N–C) groups is 2. The average molecular weight is 819 g/mol. The topological polar surface area (TPSA) is 105 Å². The van der Waals surface area contributed by atoms with Crippen molar-refractivity contribution in [1.82, 2.24) is 9.97 Å². The second-order valence-corrected chi connectivity index (χ2v) is 13.8. The van der Waals surface area contributed by atoms with Crippen molar-refractivity contribution in [2.45, 2.75) is 61.7 Å². The van der Waals surface area contributed by atoms with Crippen LogP contribution in [0.4, 0.5) is 81.9 Å². The van der Waals surface area contributed by atoms with Crippen molar-refractivity contribution in [3.05, 3.63) is 57.5 Å². The zero-order valence-corrected chi connectivity index (χ0v) is 26.9. The van der Waals surface area contributed by atoms with E-state index < -0.39 is 188 Å². The SMILES string of the molecule is Fc1c(F)c(F)c2c3[nH]c(c2c1F)NC1=NC(N=c2[nH]c(c4c(F)c(F)c(F)c(F)c24)=NC2N=C(N3)C3C(F)C(F)C(F)C(F)C23)C2C(F)C(F)C(F)C(F)C12. The van der Waals surface area contributed by atoms with Crippen LogP contribution in [-0.4, -0.2) is 83.3 Å². The van der Waals surface area contributed by atoms with Crippen molar-refractivity contribution < 1.29 is 70.2 Å². The second kappa shape index (κ2) is 12.2. The normalized spacial score (nSPS) is 36.3. The minimum Gasteiger partial charge on any atom is -0.329 e. The minimum atomic E-state index is -3.21. The molecule has 0 amide bonds. The average Bonchev–Trinajstić information content (AvgIpc) is 3.92. The minimum absolute atomic E-state index is 0.964. The molecule has 14 unspecified atom stereocenters. The number of amidine groups is 2. The van der Waals surface area contributed by atoms with Gasteiger partial charge in [-0.2, -0.15) is 0 Å². The van der Waals surface area contributed by atoms with Crippen LogP contribution in [-0.2, 0) is 0 Å². The number of fused-ring (bicyclic) bond motifs is 18. The van der Waals surface area contributed by atoms with Crippen LogP contribution < -0.4 is 21.6 Å². The summed E-state index contributed by atoms with van der Waals surface area (Å²) in [5.41, 5.74) is -2.22. The van der Waals surface area contributed by atoms with Crippen molar-refractivity contribution in [3.8, 4) is 0 Å². The van der Waals surface area contributed by atoms with Crippen LogP contribution in [0.3, 0.4) is 0 Å². The van der Waals surface area contributed by atoms with Crippen molar-refractivity contribution in [3.63, 3.8) is 0 Å². The van der Waals surface area contributed by atoms with E-state index in [4.69, 9.17) is 0 Å². The lowest BCUT2D eigenvalue weighted by Gasteiger charge is -2.37. The molecule has 2 saturated carbocycles. The molecule has 4 aromatic rings. The van der Waals surface area contributed by atoms with E-state index in [1.165, 1.54) is 0 Å². The Kier molecular flexibility index (Phi) is 7.98. The predicted molar refractivity (Wildman–Crippen MR) is 161 cm³/mol. The van der Waals surface area contributed by atoms with E-state index in [9.17, 15) is 35.1 Å². The molecule has 8 bridgehead atoms. The first-order valence-corrected chi connectivity index (χ1v) is 16.4. The maximum atomic E-state index is 15.7. The third-order valence-electron chi connectivity index (χ3n) is 11.0. The molecule has 2 aliphatic carbocycles. The fourth-order valence-electron chi connectivity index (χ4n) is 8.37. The number of halogens is 16. The molecule has 5 aliphatic rings. The number of hydrogen-bond donors (Lipinski definition) is 4. The zero-order valence-electron chi connectivity index (χ0n) is 26.9. The van der Waals surface area contributed by atoms with Gasteiger partial charge in [-0.05, 0) is 0 Å². The first-order valence-electron chi connectivity index (χ1n) is 16.4. The number of benzene rings is 2. The van der Waals surface area contributed by atoms with Gasteiger partial charge in [0.05, 0.1) is 33.4 Å². The Morgan fingerprint density at radius 1 is 0.339 bits per heavy atom. The highest BCUT2D eigenvalue weighted by Crippen LogP contribution is 2.48. The summed E-state index contributed by atoms with van der Waals surface area (Å²) in [7, 11) is 0. The molecule has 9 rings (SSSR count). The molecule has 2 fully saturated rings. The second-order valence-electron chi connectivity index (χ2n) is 13.8. The third-order valence-corrected chi connectivity index (χ3v) is 11.0. The molecule has 4 N–H and O–H groups in total. The number of aromatic amines is 2. The van der Waals surface area contributed by atoms with Gasteiger partial charge in [-0.25, -0.2) is 90.2 Å². The highest BCUT2D eigenvalue weighted by atomic mass is 19.2. The molecular weight excluding hydrogens is 800 g/mol. The van der Waals surface area contributed by atoms with E-state index in [0.717, 1.165) is 0 Å². The fraction of sp³-hybridized carbons (Fsp3) is 0.438. The Bertz CT molecular complexity index is 2390. The molecule has 0 spiro atoms. The van der Waals surface area contributed by atoms with Gasteiger partial charge in [0.2, 0.25) is 0 Å². The molecule has 8 nitrogen and oxygen atoms in total. The predicted octanol–water partition coefficient (Wildman–Crippen LogP) is 6.21. The number of nitrogens with one attached hydrogen (secondary N) is 4. The molecule has 14 atom stereocenters. The van der Waals surface area contributed by atoms with Crippen molar-refractivity contribution in [2.24, 2.45) is 43.6 Å². The first-order chi connectivity index (χ1) is 26.4. The van der Waals surface area contributed by atoms with Crippen LogP contribution in [0.15, 0.2) is 20.0 Å². The molecular formula is C32H18F16N8. The Morgan fingerprint density at radius 2 is 0.661 bits per heavy atom. The highest BCUT2D eigenvalue weighted by molar-refractivity contribution is 6.13. The maximum absolute atomic E-state index is 15.7. The number of H-pyrrole nitrogens is 2. The summed E-state index contributed by atoms with van der Waals surface area (Å²) in [5, 5.41) is -0.833. The van der Waals surface area contributed by atoms with Crippen LogP contribution in [0.2, 0.25) is 0 Å². The monoisotopic (exact) mass is 818 g/mol. The lowest BCUT2D eigenvalue weighted by atomic mass is 9.74. The smallest absolute Gasteiger partial charge is 0.198 e. The Labute approximate surface area is 298 Å². The van der Waals surface area contributed by atoms with E-state index in [2.05, 4.69) is 40.6 Å². The van der Waals surface area contributed by atoms with E-state index in [1.54, 1.807) is 0 Å². The van der Waals surface area contributed by atoms with E-state index in [0.29, 0.717) is 0 Å². The van der Waals surface area contributed by atoms with Crippen LogP contribution in [0.5, 0.6) is 0 Å². The number of hydrogen-bond acceptors (Lipinski definition) is 6. The van der Waals surface area contributed by atoms with Gasteiger partial charge in [-0.1, -0.05) is 0 Å². The molecule has 56 heavy (non-hydrogen) atoms. The van der Waals surface area contributed by atoms with Gasteiger partial charge in [0.1, 0.15) is 71.3 Å². The summed E-state index contributed by atoms with van der Waals surface area (Å²) in [6, 6.07) is 0. The highest BCUT2D eigenvalue weighted by Gasteiger charge is 2.61. The molecule has 5 heterocycles. The Balaban J connectivity index is 1.38. The zero-order chi connectivity index (χ0) is 40.1. The number of rotatable bonds is 0. The Hall–Kier alpha value is -5.06. The number of anilines is 2. The van der Waals surface area contributed by atoms with Gasteiger partial charge in [0.15, 0.2) is 71.2 Å². The summed E-state index contributed by atoms with van der Waals surface area (Å²) >= 11 is 0. The van der Waals surface area contributed by atoms with Crippen LogP contribution in [0, 0.1) is 70.2 Å². The van der Waals surface area contributed by atoms with Gasteiger partial charge in [0, 0.05) is 11.8 Å². The van der Waals surface area contributed by atoms with Crippen LogP contribution in [0.25, 0.3) is 21.5 Å². The Morgan fingerprint density at radius 3 is 1.02 bits per heavy atom. The van der Waals surface area contributed by atoms with Gasteiger partial charge in [-0.3, -0.25) is 0 Å². The van der Waals surface area contributed by atoms with Crippen LogP contribution >= 0.6 is 0 Å². The number of alkyl halides is 8. The van der Waals surface area contributed by atoms with Crippen molar-refractivity contribution >= 4 is 44.9 Å². The molecule has 3 aliphatic heterocycles. The molecule has 298 valence electrons. The molecule has 0 radical (unpaired) electrons. The molecule has 0 saturated heterocycles. The summed E-state index contributed by atoms with van der Waals surface area (Å²) in [6.07, 6.45) is -29.4. The standard InChI is InChI=1S/C32H18F16N8/c33-9-1-2(10(34)18(42)17(9)41)26-49-25(1)53-27-3-4(12(36)20(44)19(43)11(3)35)29(50-27)55-31-7-8(16(40)24(48)23(47)15(7)39)32(52-31)56-30-6-5(28(51-30)54-26)13(37)21(45)22(46)14(6)38/h1-2,7-10,15-18,23-25,31,51H,(H,49,54)(H,52,56)(H,50,53,55). The quantitative estimate of drug-likeness (QED) is 0.0964. The summed E-state index contributed by atoms with van der Waals surface area (Å²) in [6.45, 7) is 0. The van der Waals surface area contributed by atoms with Crippen molar-refractivity contribution in [2.75, 3.05) is 10.6 Å².